The molecule has 1 aliphatic heterocycles. The summed E-state index contributed by atoms with van der Waals surface area (Å²) in [6, 6.07) is 11.2. The van der Waals surface area contributed by atoms with Gasteiger partial charge >= 0.3 is 0 Å². The third-order valence-corrected chi connectivity index (χ3v) is 4.76. The van der Waals surface area contributed by atoms with Crippen molar-refractivity contribution in [3.8, 4) is 0 Å². The standard InChI is InChI=1S/C19H22N4O2/c24-18(20-15-6-2-1-3-7-15)13-23-17(12-16(21-23)14-8-9-14)19(25)22-10-4-5-11-22/h1-3,6-7,12,14H,4-5,8-11,13H2,(H,20,24). The van der Waals surface area contributed by atoms with Crippen LogP contribution in [0.2, 0.25) is 0 Å². The molecule has 6 heteroatoms. The Hall–Kier alpha value is -2.63. The molecule has 1 aromatic heterocycles. The van der Waals surface area contributed by atoms with E-state index in [2.05, 4.69) is 10.4 Å². The average Bonchev–Trinajstić information content (AvgIpc) is 3.16. The lowest BCUT2D eigenvalue weighted by atomic mass is 10.2. The second-order valence-electron chi connectivity index (χ2n) is 6.80. The van der Waals surface area contributed by atoms with Crippen LogP contribution >= 0.6 is 0 Å². The fraction of sp³-hybridized carbons (Fsp3) is 0.421. The summed E-state index contributed by atoms with van der Waals surface area (Å²) in [4.78, 5) is 27.0. The Balaban J connectivity index is 1.53. The number of hydrogen-bond donors (Lipinski definition) is 1. The molecule has 2 amide bonds. The zero-order chi connectivity index (χ0) is 17.2. The van der Waals surface area contributed by atoms with Crippen LogP contribution in [0.5, 0.6) is 0 Å². The second kappa shape index (κ2) is 6.70. The molecule has 0 atom stereocenters. The SMILES string of the molecule is O=C(Cn1nc(C2CC2)cc1C(=O)N1CCCC1)Nc1ccccc1. The minimum Gasteiger partial charge on any atom is -0.337 e. The van der Waals surface area contributed by atoms with Gasteiger partial charge in [0.2, 0.25) is 5.91 Å². The Morgan fingerprint density at radius 3 is 2.52 bits per heavy atom. The predicted molar refractivity (Wildman–Crippen MR) is 94.4 cm³/mol. The maximum atomic E-state index is 12.8. The first-order chi connectivity index (χ1) is 12.2. The number of carbonyl (C=O) groups is 2. The molecule has 1 N–H and O–H groups in total. The highest BCUT2D eigenvalue weighted by atomic mass is 16.2. The third-order valence-electron chi connectivity index (χ3n) is 4.76. The van der Waals surface area contributed by atoms with E-state index in [4.69, 9.17) is 0 Å². The van der Waals surface area contributed by atoms with E-state index in [1.807, 2.05) is 41.3 Å². The Bertz CT molecular complexity index is 774. The van der Waals surface area contributed by atoms with Crippen molar-refractivity contribution in [2.45, 2.75) is 38.1 Å². The summed E-state index contributed by atoms with van der Waals surface area (Å²) in [5.41, 5.74) is 2.22. The molecule has 0 radical (unpaired) electrons. The van der Waals surface area contributed by atoms with E-state index in [9.17, 15) is 9.59 Å². The summed E-state index contributed by atoms with van der Waals surface area (Å²) in [5, 5.41) is 7.41. The van der Waals surface area contributed by atoms with Crippen molar-refractivity contribution < 1.29 is 9.59 Å². The van der Waals surface area contributed by atoms with Crippen molar-refractivity contribution >= 4 is 17.5 Å². The molecule has 1 saturated heterocycles. The number of benzene rings is 1. The summed E-state index contributed by atoms with van der Waals surface area (Å²) in [6.07, 6.45) is 4.32. The van der Waals surface area contributed by atoms with Crippen molar-refractivity contribution in [2.24, 2.45) is 0 Å². The number of likely N-dealkylation sites (tertiary alicyclic amines) is 1. The van der Waals surface area contributed by atoms with Crippen LogP contribution in [0.15, 0.2) is 36.4 Å². The fourth-order valence-corrected chi connectivity index (χ4v) is 3.25. The zero-order valence-electron chi connectivity index (χ0n) is 14.1. The highest BCUT2D eigenvalue weighted by Gasteiger charge is 2.30. The number of carbonyl (C=O) groups excluding carboxylic acids is 2. The van der Waals surface area contributed by atoms with Gasteiger partial charge in [0.25, 0.3) is 5.91 Å². The minimum atomic E-state index is -0.174. The van der Waals surface area contributed by atoms with Crippen molar-refractivity contribution in [3.63, 3.8) is 0 Å². The molecule has 0 unspecified atom stereocenters. The topological polar surface area (TPSA) is 67.2 Å². The first-order valence-corrected chi connectivity index (χ1v) is 8.92. The lowest BCUT2D eigenvalue weighted by Crippen LogP contribution is -2.31. The van der Waals surface area contributed by atoms with Gasteiger partial charge in [-0.1, -0.05) is 18.2 Å². The molecule has 6 nitrogen and oxygen atoms in total. The average molecular weight is 338 g/mol. The molecular weight excluding hydrogens is 316 g/mol. The van der Waals surface area contributed by atoms with Crippen molar-refractivity contribution in [1.29, 1.82) is 0 Å². The van der Waals surface area contributed by atoms with Gasteiger partial charge < -0.3 is 10.2 Å². The summed E-state index contributed by atoms with van der Waals surface area (Å²) >= 11 is 0. The van der Waals surface area contributed by atoms with Gasteiger partial charge in [-0.2, -0.15) is 5.10 Å². The van der Waals surface area contributed by atoms with Crippen molar-refractivity contribution in [1.82, 2.24) is 14.7 Å². The number of para-hydroxylation sites is 1. The maximum Gasteiger partial charge on any atom is 0.272 e. The summed E-state index contributed by atoms with van der Waals surface area (Å²) in [7, 11) is 0. The smallest absolute Gasteiger partial charge is 0.272 e. The monoisotopic (exact) mass is 338 g/mol. The van der Waals surface area contributed by atoms with Gasteiger partial charge in [0, 0.05) is 24.7 Å². The third kappa shape index (κ3) is 3.57. The molecule has 4 rings (SSSR count). The maximum absolute atomic E-state index is 12.8. The van der Waals surface area contributed by atoms with E-state index in [1.54, 1.807) is 4.68 Å². The number of anilines is 1. The van der Waals surface area contributed by atoms with Crippen LogP contribution in [-0.4, -0.2) is 39.6 Å². The highest BCUT2D eigenvalue weighted by Crippen LogP contribution is 2.39. The van der Waals surface area contributed by atoms with Gasteiger partial charge in [-0.25, -0.2) is 0 Å². The largest absolute Gasteiger partial charge is 0.337 e. The highest BCUT2D eigenvalue weighted by molar-refractivity contribution is 5.95. The van der Waals surface area contributed by atoms with Crippen LogP contribution in [0.25, 0.3) is 0 Å². The first kappa shape index (κ1) is 15.9. The quantitative estimate of drug-likeness (QED) is 0.911. The number of rotatable bonds is 5. The number of hydrogen-bond acceptors (Lipinski definition) is 3. The Kier molecular flexibility index (Phi) is 4.26. The Labute approximate surface area is 146 Å². The van der Waals surface area contributed by atoms with E-state index >= 15 is 0 Å². The lowest BCUT2D eigenvalue weighted by Gasteiger charge is -2.16. The molecule has 2 aromatic rings. The van der Waals surface area contributed by atoms with E-state index < -0.39 is 0 Å². The molecular formula is C19H22N4O2. The van der Waals surface area contributed by atoms with Crippen molar-refractivity contribution in [3.05, 3.63) is 47.8 Å². The van der Waals surface area contributed by atoms with Crippen LogP contribution in [-0.2, 0) is 11.3 Å². The van der Waals surface area contributed by atoms with Gasteiger partial charge in [-0.05, 0) is 43.9 Å². The molecule has 2 aliphatic rings. The van der Waals surface area contributed by atoms with Crippen LogP contribution < -0.4 is 5.32 Å². The first-order valence-electron chi connectivity index (χ1n) is 8.92. The van der Waals surface area contributed by atoms with E-state index in [0.717, 1.165) is 50.2 Å². The molecule has 0 bridgehead atoms. The van der Waals surface area contributed by atoms with Gasteiger partial charge in [-0.15, -0.1) is 0 Å². The molecule has 0 spiro atoms. The van der Waals surface area contributed by atoms with Gasteiger partial charge in [0.1, 0.15) is 12.2 Å². The van der Waals surface area contributed by atoms with Crippen LogP contribution in [0.4, 0.5) is 5.69 Å². The number of amides is 2. The van der Waals surface area contributed by atoms with E-state index in [0.29, 0.717) is 11.6 Å². The van der Waals surface area contributed by atoms with Crippen LogP contribution in [0.1, 0.15) is 47.8 Å². The Morgan fingerprint density at radius 1 is 1.12 bits per heavy atom. The van der Waals surface area contributed by atoms with E-state index in [1.165, 1.54) is 0 Å². The lowest BCUT2D eigenvalue weighted by molar-refractivity contribution is -0.116. The molecule has 2 heterocycles. The number of nitrogens with zero attached hydrogens (tertiary/aromatic N) is 3. The molecule has 130 valence electrons. The van der Waals surface area contributed by atoms with Gasteiger partial charge in [0.05, 0.1) is 5.69 Å². The molecule has 1 aliphatic carbocycles. The van der Waals surface area contributed by atoms with Gasteiger partial charge in [-0.3, -0.25) is 14.3 Å². The van der Waals surface area contributed by atoms with Gasteiger partial charge in [0.15, 0.2) is 0 Å². The fourth-order valence-electron chi connectivity index (χ4n) is 3.25. The summed E-state index contributed by atoms with van der Waals surface area (Å²) in [5.74, 6) is 0.264. The van der Waals surface area contributed by atoms with Crippen molar-refractivity contribution in [2.75, 3.05) is 18.4 Å². The number of nitrogens with one attached hydrogen (secondary N) is 1. The molecule has 2 fully saturated rings. The molecule has 1 saturated carbocycles. The number of aromatic nitrogens is 2. The molecule has 25 heavy (non-hydrogen) atoms. The minimum absolute atomic E-state index is 0.00980. The van der Waals surface area contributed by atoms with Crippen LogP contribution in [0.3, 0.4) is 0 Å². The van der Waals surface area contributed by atoms with Crippen LogP contribution in [0, 0.1) is 0 Å². The van der Waals surface area contributed by atoms with E-state index in [-0.39, 0.29) is 18.4 Å². The predicted octanol–water partition coefficient (Wildman–Crippen LogP) is 2.64. The summed E-state index contributed by atoms with van der Waals surface area (Å²) in [6.45, 7) is 1.63. The molecule has 1 aromatic carbocycles. The summed E-state index contributed by atoms with van der Waals surface area (Å²) < 4.78 is 1.58. The second-order valence-corrected chi connectivity index (χ2v) is 6.80. The Morgan fingerprint density at radius 2 is 1.84 bits per heavy atom. The zero-order valence-corrected chi connectivity index (χ0v) is 14.1. The normalized spacial score (nSPS) is 16.9.